The maximum atomic E-state index is 12.8. The second-order valence-electron chi connectivity index (χ2n) is 5.49. The Morgan fingerprint density at radius 3 is 2.54 bits per heavy atom. The molecule has 0 unspecified atom stereocenters. The maximum absolute atomic E-state index is 12.8. The van der Waals surface area contributed by atoms with Crippen molar-refractivity contribution < 1.29 is 13.3 Å². The lowest BCUT2D eigenvalue weighted by atomic mass is 10.1. The number of aryl methyl sites for hydroxylation is 2. The van der Waals surface area contributed by atoms with Gasteiger partial charge in [0.05, 0.1) is 27.1 Å². The SMILES string of the molecule is CCc1nc(CN(C)S(=O)(=O)c2cc([N+](=O)[O-])cc(C)c2C)cs1. The van der Waals surface area contributed by atoms with Crippen LogP contribution in [0.2, 0.25) is 0 Å². The van der Waals surface area contributed by atoms with E-state index in [-0.39, 0.29) is 17.1 Å². The first-order valence-corrected chi connectivity index (χ1v) is 9.64. The quantitative estimate of drug-likeness (QED) is 0.576. The Bertz CT molecular complexity index is 875. The van der Waals surface area contributed by atoms with Gasteiger partial charge in [0.25, 0.3) is 5.69 Å². The summed E-state index contributed by atoms with van der Waals surface area (Å²) in [5.74, 6) is 0. The summed E-state index contributed by atoms with van der Waals surface area (Å²) in [6.45, 7) is 5.42. The minimum absolute atomic E-state index is 0.0392. The lowest BCUT2D eigenvalue weighted by Gasteiger charge is -2.18. The first-order valence-electron chi connectivity index (χ1n) is 7.32. The Morgan fingerprint density at radius 2 is 2.00 bits per heavy atom. The molecule has 24 heavy (non-hydrogen) atoms. The van der Waals surface area contributed by atoms with E-state index >= 15 is 0 Å². The molecule has 130 valence electrons. The molecule has 2 aromatic rings. The third-order valence-corrected chi connectivity index (χ3v) is 6.76. The van der Waals surface area contributed by atoms with Gasteiger partial charge in [-0.3, -0.25) is 10.1 Å². The van der Waals surface area contributed by atoms with E-state index in [0.29, 0.717) is 16.8 Å². The number of benzene rings is 1. The summed E-state index contributed by atoms with van der Waals surface area (Å²) in [6.07, 6.45) is 0.796. The van der Waals surface area contributed by atoms with Gasteiger partial charge in [-0.05, 0) is 31.4 Å². The molecule has 0 aliphatic rings. The average Bonchev–Trinajstić information content (AvgIpc) is 2.96. The molecule has 9 heteroatoms. The number of hydrogen-bond donors (Lipinski definition) is 0. The van der Waals surface area contributed by atoms with Crippen molar-refractivity contribution in [1.82, 2.24) is 9.29 Å². The van der Waals surface area contributed by atoms with Crippen LogP contribution in [-0.2, 0) is 23.0 Å². The molecule has 1 aromatic heterocycles. The molecule has 0 saturated heterocycles. The van der Waals surface area contributed by atoms with Crippen molar-refractivity contribution in [1.29, 1.82) is 0 Å². The molecule has 0 bridgehead atoms. The summed E-state index contributed by atoms with van der Waals surface area (Å²) in [6, 6.07) is 2.50. The van der Waals surface area contributed by atoms with Crippen LogP contribution >= 0.6 is 11.3 Å². The smallest absolute Gasteiger partial charge is 0.258 e. The van der Waals surface area contributed by atoms with E-state index in [0.717, 1.165) is 17.5 Å². The fraction of sp³-hybridized carbons (Fsp3) is 0.400. The Kier molecular flexibility index (Phi) is 5.36. The zero-order valence-corrected chi connectivity index (χ0v) is 15.6. The lowest BCUT2D eigenvalue weighted by Crippen LogP contribution is -2.27. The highest BCUT2D eigenvalue weighted by molar-refractivity contribution is 7.89. The van der Waals surface area contributed by atoms with Crippen LogP contribution < -0.4 is 0 Å². The van der Waals surface area contributed by atoms with E-state index < -0.39 is 14.9 Å². The van der Waals surface area contributed by atoms with Gasteiger partial charge in [-0.1, -0.05) is 6.92 Å². The molecule has 0 spiro atoms. The fourth-order valence-corrected chi connectivity index (χ4v) is 4.44. The van der Waals surface area contributed by atoms with Crippen molar-refractivity contribution in [3.05, 3.63) is 49.5 Å². The molecule has 0 radical (unpaired) electrons. The van der Waals surface area contributed by atoms with E-state index in [1.54, 1.807) is 13.8 Å². The number of rotatable bonds is 6. The summed E-state index contributed by atoms with van der Waals surface area (Å²) < 4.78 is 26.9. The molecule has 0 fully saturated rings. The zero-order valence-electron chi connectivity index (χ0n) is 13.9. The van der Waals surface area contributed by atoms with Crippen molar-refractivity contribution in [2.75, 3.05) is 7.05 Å². The van der Waals surface area contributed by atoms with Gasteiger partial charge in [-0.15, -0.1) is 11.3 Å². The van der Waals surface area contributed by atoms with Crippen molar-refractivity contribution >= 4 is 27.0 Å². The molecule has 0 amide bonds. The minimum Gasteiger partial charge on any atom is -0.258 e. The second-order valence-corrected chi connectivity index (χ2v) is 8.45. The number of hydrogen-bond acceptors (Lipinski definition) is 6. The number of non-ortho nitro benzene ring substituents is 1. The van der Waals surface area contributed by atoms with Crippen molar-refractivity contribution in [2.45, 2.75) is 38.6 Å². The monoisotopic (exact) mass is 369 g/mol. The molecule has 0 saturated carbocycles. The molecule has 1 heterocycles. The predicted octanol–water partition coefficient (Wildman–Crippen LogP) is 3.05. The maximum Gasteiger partial charge on any atom is 0.271 e. The summed E-state index contributed by atoms with van der Waals surface area (Å²) in [5, 5.41) is 13.8. The molecule has 0 N–H and O–H groups in total. The van der Waals surface area contributed by atoms with Gasteiger partial charge in [-0.25, -0.2) is 13.4 Å². The zero-order chi connectivity index (χ0) is 18.1. The molecule has 1 aromatic carbocycles. The van der Waals surface area contributed by atoms with Gasteiger partial charge in [0.1, 0.15) is 0 Å². The van der Waals surface area contributed by atoms with Crippen LogP contribution in [0, 0.1) is 24.0 Å². The number of nitrogens with zero attached hydrogens (tertiary/aromatic N) is 3. The van der Waals surface area contributed by atoms with Crippen LogP contribution in [0.15, 0.2) is 22.4 Å². The average molecular weight is 369 g/mol. The first kappa shape index (κ1) is 18.5. The molecule has 0 aliphatic heterocycles. The van der Waals surface area contributed by atoms with Gasteiger partial charge in [-0.2, -0.15) is 4.31 Å². The summed E-state index contributed by atoms with van der Waals surface area (Å²) in [7, 11) is -2.40. The summed E-state index contributed by atoms with van der Waals surface area (Å²) in [4.78, 5) is 14.8. The predicted molar refractivity (Wildman–Crippen MR) is 92.7 cm³/mol. The van der Waals surface area contributed by atoms with Crippen LogP contribution in [-0.4, -0.2) is 29.7 Å². The van der Waals surface area contributed by atoms with Gasteiger partial charge in [0.2, 0.25) is 10.0 Å². The van der Waals surface area contributed by atoms with Crippen molar-refractivity contribution in [3.63, 3.8) is 0 Å². The Labute approximate surface area is 145 Å². The van der Waals surface area contributed by atoms with Crippen LogP contribution in [0.3, 0.4) is 0 Å². The highest BCUT2D eigenvalue weighted by Gasteiger charge is 2.27. The molecular formula is C15H19N3O4S2. The summed E-state index contributed by atoms with van der Waals surface area (Å²) in [5.41, 5.74) is 1.52. The highest BCUT2D eigenvalue weighted by atomic mass is 32.2. The standard InChI is InChI=1S/C15H19N3O4S2/c1-5-15-16-12(9-23-15)8-17(4)24(21,22)14-7-13(18(19)20)6-10(2)11(14)3/h6-7,9H,5,8H2,1-4H3. The minimum atomic E-state index is -3.85. The lowest BCUT2D eigenvalue weighted by molar-refractivity contribution is -0.385. The van der Waals surface area contributed by atoms with Crippen LogP contribution in [0.1, 0.15) is 28.8 Å². The van der Waals surface area contributed by atoms with Crippen molar-refractivity contribution in [3.8, 4) is 0 Å². The van der Waals surface area contributed by atoms with Crippen LogP contribution in [0.25, 0.3) is 0 Å². The highest BCUT2D eigenvalue weighted by Crippen LogP contribution is 2.28. The Balaban J connectivity index is 2.40. The first-order chi connectivity index (χ1) is 11.2. The molecular weight excluding hydrogens is 350 g/mol. The van der Waals surface area contributed by atoms with E-state index in [2.05, 4.69) is 4.98 Å². The van der Waals surface area contributed by atoms with E-state index in [9.17, 15) is 18.5 Å². The Morgan fingerprint density at radius 1 is 1.33 bits per heavy atom. The number of nitro benzene ring substituents is 1. The third-order valence-electron chi connectivity index (χ3n) is 3.79. The van der Waals surface area contributed by atoms with Crippen molar-refractivity contribution in [2.24, 2.45) is 0 Å². The number of sulfonamides is 1. The topological polar surface area (TPSA) is 93.4 Å². The Hall–Kier alpha value is -1.84. The number of aromatic nitrogens is 1. The molecule has 2 rings (SSSR count). The molecule has 0 atom stereocenters. The number of thiazole rings is 1. The summed E-state index contributed by atoms with van der Waals surface area (Å²) >= 11 is 1.49. The van der Waals surface area contributed by atoms with E-state index in [1.807, 2.05) is 12.3 Å². The fourth-order valence-electron chi connectivity index (χ4n) is 2.25. The van der Waals surface area contributed by atoms with Crippen LogP contribution in [0.5, 0.6) is 0 Å². The molecule has 7 nitrogen and oxygen atoms in total. The largest absolute Gasteiger partial charge is 0.271 e. The van der Waals surface area contributed by atoms with Gasteiger partial charge >= 0.3 is 0 Å². The third kappa shape index (κ3) is 3.63. The van der Waals surface area contributed by atoms with Gasteiger partial charge in [0, 0.05) is 24.6 Å². The van der Waals surface area contributed by atoms with Gasteiger partial charge in [0.15, 0.2) is 0 Å². The van der Waals surface area contributed by atoms with E-state index in [4.69, 9.17) is 0 Å². The van der Waals surface area contributed by atoms with E-state index in [1.165, 1.54) is 28.8 Å². The normalized spacial score (nSPS) is 11.9. The number of nitro groups is 1. The van der Waals surface area contributed by atoms with Gasteiger partial charge < -0.3 is 0 Å². The second kappa shape index (κ2) is 6.96. The molecule has 0 aliphatic carbocycles. The van der Waals surface area contributed by atoms with Crippen LogP contribution in [0.4, 0.5) is 5.69 Å².